The van der Waals surface area contributed by atoms with Gasteiger partial charge in [0.1, 0.15) is 11.5 Å². The SMILES string of the molecule is O=C1NCCc2c1nc(-c1ccccc1)nc2N1CCC(O)(Cn2ccnc2)CC1. The monoisotopic (exact) mass is 404 g/mol. The first-order valence-electron chi connectivity index (χ1n) is 10.3. The largest absolute Gasteiger partial charge is 0.388 e. The van der Waals surface area contributed by atoms with E-state index in [1.807, 2.05) is 41.1 Å². The molecule has 8 heteroatoms. The molecule has 30 heavy (non-hydrogen) atoms. The van der Waals surface area contributed by atoms with Crippen LogP contribution in [-0.2, 0) is 13.0 Å². The molecule has 0 bridgehead atoms. The molecule has 2 N–H and O–H groups in total. The topological polar surface area (TPSA) is 96.2 Å². The van der Waals surface area contributed by atoms with Crippen LogP contribution in [0.4, 0.5) is 5.82 Å². The van der Waals surface area contributed by atoms with E-state index in [0.717, 1.165) is 16.9 Å². The van der Waals surface area contributed by atoms with Gasteiger partial charge in [-0.1, -0.05) is 30.3 Å². The normalized spacial score (nSPS) is 18.0. The molecule has 5 rings (SSSR count). The van der Waals surface area contributed by atoms with Crippen LogP contribution in [0.1, 0.15) is 28.9 Å². The third-order valence-electron chi connectivity index (χ3n) is 5.92. The average molecular weight is 404 g/mol. The summed E-state index contributed by atoms with van der Waals surface area (Å²) < 4.78 is 1.92. The molecule has 0 radical (unpaired) electrons. The number of anilines is 1. The molecule has 0 saturated carbocycles. The molecule has 0 aliphatic carbocycles. The van der Waals surface area contributed by atoms with E-state index in [1.54, 1.807) is 12.5 Å². The maximum atomic E-state index is 12.5. The van der Waals surface area contributed by atoms with E-state index >= 15 is 0 Å². The maximum absolute atomic E-state index is 12.5. The molecule has 0 atom stereocenters. The number of nitrogens with zero attached hydrogens (tertiary/aromatic N) is 5. The summed E-state index contributed by atoms with van der Waals surface area (Å²) in [7, 11) is 0. The van der Waals surface area contributed by atoms with Crippen molar-refractivity contribution in [3.05, 3.63) is 60.3 Å². The average Bonchev–Trinajstić information content (AvgIpc) is 3.27. The predicted octanol–water partition coefficient (Wildman–Crippen LogP) is 1.66. The summed E-state index contributed by atoms with van der Waals surface area (Å²) in [5, 5.41) is 13.9. The summed E-state index contributed by atoms with van der Waals surface area (Å²) in [4.78, 5) is 28.2. The first-order chi connectivity index (χ1) is 14.6. The van der Waals surface area contributed by atoms with Crippen molar-refractivity contribution in [2.24, 2.45) is 0 Å². The third-order valence-corrected chi connectivity index (χ3v) is 5.92. The number of piperidine rings is 1. The smallest absolute Gasteiger partial charge is 0.270 e. The van der Waals surface area contributed by atoms with Crippen LogP contribution in [0.2, 0.25) is 0 Å². The van der Waals surface area contributed by atoms with E-state index in [9.17, 15) is 9.90 Å². The van der Waals surface area contributed by atoms with Gasteiger partial charge in [0.15, 0.2) is 5.82 Å². The zero-order valence-corrected chi connectivity index (χ0v) is 16.7. The fourth-order valence-corrected chi connectivity index (χ4v) is 4.27. The van der Waals surface area contributed by atoms with Crippen molar-refractivity contribution < 1.29 is 9.90 Å². The van der Waals surface area contributed by atoms with Gasteiger partial charge >= 0.3 is 0 Å². The molecule has 0 spiro atoms. The van der Waals surface area contributed by atoms with Crippen molar-refractivity contribution >= 4 is 11.7 Å². The molecule has 2 aliphatic heterocycles. The first-order valence-corrected chi connectivity index (χ1v) is 10.3. The molecular weight excluding hydrogens is 380 g/mol. The van der Waals surface area contributed by atoms with Gasteiger partial charge in [-0.25, -0.2) is 15.0 Å². The molecule has 2 aliphatic rings. The van der Waals surface area contributed by atoms with E-state index in [2.05, 4.69) is 20.2 Å². The van der Waals surface area contributed by atoms with Crippen LogP contribution in [-0.4, -0.2) is 55.8 Å². The Morgan fingerprint density at radius 3 is 2.67 bits per heavy atom. The van der Waals surface area contributed by atoms with Gasteiger partial charge in [-0.2, -0.15) is 0 Å². The lowest BCUT2D eigenvalue weighted by molar-refractivity contribution is -0.000220. The molecular formula is C22H24N6O2. The highest BCUT2D eigenvalue weighted by atomic mass is 16.3. The predicted molar refractivity (Wildman–Crippen MR) is 112 cm³/mol. The highest BCUT2D eigenvalue weighted by Gasteiger charge is 2.35. The molecule has 1 aromatic carbocycles. The molecule has 0 unspecified atom stereocenters. The van der Waals surface area contributed by atoms with Crippen molar-refractivity contribution in [1.82, 2.24) is 24.8 Å². The Kier molecular flexibility index (Phi) is 4.71. The van der Waals surface area contributed by atoms with Crippen LogP contribution in [0.3, 0.4) is 0 Å². The minimum Gasteiger partial charge on any atom is -0.388 e. The van der Waals surface area contributed by atoms with Crippen LogP contribution in [0.5, 0.6) is 0 Å². The highest BCUT2D eigenvalue weighted by molar-refractivity contribution is 5.96. The van der Waals surface area contributed by atoms with Gasteiger partial charge in [0, 0.05) is 43.2 Å². The van der Waals surface area contributed by atoms with E-state index in [0.29, 0.717) is 57.0 Å². The molecule has 8 nitrogen and oxygen atoms in total. The van der Waals surface area contributed by atoms with Crippen molar-refractivity contribution in [2.75, 3.05) is 24.5 Å². The van der Waals surface area contributed by atoms with Gasteiger partial charge in [0.25, 0.3) is 5.91 Å². The Morgan fingerprint density at radius 2 is 1.93 bits per heavy atom. The number of fused-ring (bicyclic) bond motifs is 1. The van der Waals surface area contributed by atoms with Crippen molar-refractivity contribution in [1.29, 1.82) is 0 Å². The van der Waals surface area contributed by atoms with Gasteiger partial charge < -0.3 is 19.9 Å². The number of benzene rings is 1. The number of carbonyl (C=O) groups excluding carboxylic acids is 1. The number of imidazole rings is 1. The minimum absolute atomic E-state index is 0.147. The zero-order chi connectivity index (χ0) is 20.6. The molecule has 4 heterocycles. The van der Waals surface area contributed by atoms with Crippen LogP contribution in [0, 0.1) is 0 Å². The Hall–Kier alpha value is -3.26. The van der Waals surface area contributed by atoms with E-state index < -0.39 is 5.60 Å². The van der Waals surface area contributed by atoms with E-state index in [4.69, 9.17) is 4.98 Å². The van der Waals surface area contributed by atoms with Crippen molar-refractivity contribution in [2.45, 2.75) is 31.4 Å². The summed E-state index contributed by atoms with van der Waals surface area (Å²) in [6, 6.07) is 9.73. The second kappa shape index (κ2) is 7.53. The van der Waals surface area contributed by atoms with Crippen LogP contribution >= 0.6 is 0 Å². The van der Waals surface area contributed by atoms with Gasteiger partial charge in [-0.15, -0.1) is 0 Å². The number of aliphatic hydroxyl groups is 1. The number of carbonyl (C=O) groups is 1. The Bertz CT molecular complexity index is 1040. The number of aromatic nitrogens is 4. The maximum Gasteiger partial charge on any atom is 0.270 e. The second-order valence-electron chi connectivity index (χ2n) is 8.02. The van der Waals surface area contributed by atoms with E-state index in [1.165, 1.54) is 0 Å². The van der Waals surface area contributed by atoms with Gasteiger partial charge in [0.05, 0.1) is 18.5 Å². The molecule has 1 fully saturated rings. The fraction of sp³-hybridized carbons (Fsp3) is 0.364. The zero-order valence-electron chi connectivity index (χ0n) is 16.7. The highest BCUT2D eigenvalue weighted by Crippen LogP contribution is 2.32. The lowest BCUT2D eigenvalue weighted by atomic mass is 9.90. The number of hydrogen-bond acceptors (Lipinski definition) is 6. The summed E-state index contributed by atoms with van der Waals surface area (Å²) in [5.74, 6) is 1.23. The van der Waals surface area contributed by atoms with Crippen LogP contribution in [0.25, 0.3) is 11.4 Å². The quantitative estimate of drug-likeness (QED) is 0.687. The van der Waals surface area contributed by atoms with Crippen LogP contribution in [0.15, 0.2) is 49.1 Å². The van der Waals surface area contributed by atoms with Gasteiger partial charge in [0.2, 0.25) is 0 Å². The summed E-state index contributed by atoms with van der Waals surface area (Å²) in [6.07, 6.45) is 7.28. The lowest BCUT2D eigenvalue weighted by Crippen LogP contribution is -2.47. The van der Waals surface area contributed by atoms with Crippen LogP contribution < -0.4 is 10.2 Å². The fourth-order valence-electron chi connectivity index (χ4n) is 4.27. The standard InChI is InChI=1S/C22H24N6O2/c29-21-18-17(6-9-24-21)20(26-19(25-18)16-4-2-1-3-5-16)28-11-7-22(30,8-12-28)14-27-13-10-23-15-27/h1-5,10,13,15,30H,6-9,11-12,14H2,(H,24,29). The summed E-state index contributed by atoms with van der Waals surface area (Å²) in [6.45, 7) is 2.46. The summed E-state index contributed by atoms with van der Waals surface area (Å²) in [5.41, 5.74) is 1.47. The Balaban J connectivity index is 1.45. The number of hydrogen-bond donors (Lipinski definition) is 2. The molecule has 3 aromatic rings. The molecule has 1 amide bonds. The van der Waals surface area contributed by atoms with Crippen molar-refractivity contribution in [3.8, 4) is 11.4 Å². The first kappa shape index (κ1) is 18.7. The van der Waals surface area contributed by atoms with Gasteiger partial charge in [-0.3, -0.25) is 4.79 Å². The Labute approximate surface area is 174 Å². The van der Waals surface area contributed by atoms with Crippen molar-refractivity contribution in [3.63, 3.8) is 0 Å². The third kappa shape index (κ3) is 3.54. The minimum atomic E-state index is -0.774. The number of rotatable bonds is 4. The number of nitrogens with one attached hydrogen (secondary N) is 1. The Morgan fingerprint density at radius 1 is 1.13 bits per heavy atom. The second-order valence-corrected chi connectivity index (χ2v) is 8.02. The molecule has 1 saturated heterocycles. The molecule has 154 valence electrons. The van der Waals surface area contributed by atoms with Gasteiger partial charge in [-0.05, 0) is 19.3 Å². The molecule has 2 aromatic heterocycles. The van der Waals surface area contributed by atoms with E-state index in [-0.39, 0.29) is 5.91 Å². The number of amides is 1. The summed E-state index contributed by atoms with van der Waals surface area (Å²) >= 11 is 0. The lowest BCUT2D eigenvalue weighted by Gasteiger charge is -2.40.